The maximum atomic E-state index is 12.4. The minimum Gasteiger partial charge on any atom is -0.459 e. The van der Waals surface area contributed by atoms with Crippen LogP contribution in [0.5, 0.6) is 0 Å². The van der Waals surface area contributed by atoms with Crippen molar-refractivity contribution in [2.45, 2.75) is 33.4 Å². The summed E-state index contributed by atoms with van der Waals surface area (Å²) in [4.78, 5) is 24.4. The van der Waals surface area contributed by atoms with Crippen LogP contribution < -0.4 is 4.90 Å². The fourth-order valence-electron chi connectivity index (χ4n) is 2.76. The van der Waals surface area contributed by atoms with E-state index < -0.39 is 0 Å². The van der Waals surface area contributed by atoms with Gasteiger partial charge in [-0.3, -0.25) is 0 Å². The van der Waals surface area contributed by atoms with Gasteiger partial charge in [-0.15, -0.1) is 11.3 Å². The molecule has 0 aliphatic rings. The number of aryl methyl sites for hydroxylation is 1. The van der Waals surface area contributed by atoms with Crippen molar-refractivity contribution in [3.05, 3.63) is 51.6 Å². The Labute approximate surface area is 161 Å². The number of aromatic nitrogens is 2. The number of esters is 1. The minimum atomic E-state index is -0.340. The number of fused-ring (bicyclic) bond motifs is 1. The molecule has 0 saturated heterocycles. The molecule has 3 rings (SSSR count). The highest BCUT2D eigenvalue weighted by Crippen LogP contribution is 2.36. The van der Waals surface area contributed by atoms with Gasteiger partial charge in [-0.25, -0.2) is 9.78 Å². The summed E-state index contributed by atoms with van der Waals surface area (Å²) in [6.45, 7) is 6.23. The lowest BCUT2D eigenvalue weighted by atomic mass is 10.1. The molecule has 5 nitrogen and oxygen atoms in total. The van der Waals surface area contributed by atoms with Crippen molar-refractivity contribution in [3.63, 3.8) is 0 Å². The van der Waals surface area contributed by atoms with Gasteiger partial charge in [0.1, 0.15) is 15.5 Å². The Morgan fingerprint density at radius 2 is 1.96 bits per heavy atom. The number of hydrogen-bond donors (Lipinski definition) is 0. The molecule has 0 unspecified atom stereocenters. The van der Waals surface area contributed by atoms with Gasteiger partial charge in [0.25, 0.3) is 0 Å². The van der Waals surface area contributed by atoms with Crippen LogP contribution in [0, 0.1) is 6.92 Å². The quantitative estimate of drug-likeness (QED) is 0.461. The van der Waals surface area contributed by atoms with Gasteiger partial charge >= 0.3 is 5.97 Å². The molecule has 0 fully saturated rings. The van der Waals surface area contributed by atoms with Gasteiger partial charge in [0.05, 0.1) is 11.5 Å². The summed E-state index contributed by atoms with van der Waals surface area (Å²) in [5.74, 6) is 0.370. The van der Waals surface area contributed by atoms with Crippen LogP contribution in [0.1, 0.15) is 34.6 Å². The van der Waals surface area contributed by atoms with E-state index in [4.69, 9.17) is 16.3 Å². The SMILES string of the molecule is Cc1c(C(=O)OC(C)C)sc2nc(Cl)nc(N(C)Cc3ccccc3)c12. The molecule has 136 valence electrons. The average molecular weight is 390 g/mol. The van der Waals surface area contributed by atoms with Gasteiger partial charge < -0.3 is 9.64 Å². The first-order valence-corrected chi connectivity index (χ1v) is 9.49. The Hall–Kier alpha value is -2.18. The van der Waals surface area contributed by atoms with Crippen molar-refractivity contribution in [1.82, 2.24) is 9.97 Å². The molecule has 0 amide bonds. The number of anilines is 1. The van der Waals surface area contributed by atoms with E-state index in [1.54, 1.807) is 0 Å². The number of nitrogens with zero attached hydrogens (tertiary/aromatic N) is 3. The number of carbonyl (C=O) groups excluding carboxylic acids is 1. The molecule has 7 heteroatoms. The Kier molecular flexibility index (Phi) is 5.44. The van der Waals surface area contributed by atoms with E-state index in [9.17, 15) is 4.79 Å². The Balaban J connectivity index is 2.05. The fraction of sp³-hybridized carbons (Fsp3) is 0.316. The van der Waals surface area contributed by atoms with E-state index in [0.29, 0.717) is 22.1 Å². The molecule has 0 saturated carbocycles. The van der Waals surface area contributed by atoms with Crippen molar-refractivity contribution in [1.29, 1.82) is 0 Å². The van der Waals surface area contributed by atoms with E-state index in [-0.39, 0.29) is 17.4 Å². The molecule has 3 aromatic rings. The second-order valence-electron chi connectivity index (χ2n) is 6.35. The Morgan fingerprint density at radius 1 is 1.27 bits per heavy atom. The number of ether oxygens (including phenoxy) is 1. The van der Waals surface area contributed by atoms with E-state index in [2.05, 4.69) is 22.1 Å². The minimum absolute atomic E-state index is 0.164. The standard InChI is InChI=1S/C19H20ClN3O2S/c1-11(2)25-18(24)15-12(3)14-16(21-19(20)22-17(14)26-15)23(4)10-13-8-6-5-7-9-13/h5-9,11H,10H2,1-4H3. The van der Waals surface area contributed by atoms with Crippen molar-refractivity contribution >= 4 is 44.9 Å². The summed E-state index contributed by atoms with van der Waals surface area (Å²) in [5, 5.41) is 1.01. The molecule has 0 bridgehead atoms. The predicted octanol–water partition coefficient (Wildman–Crippen LogP) is 4.85. The van der Waals surface area contributed by atoms with Gasteiger partial charge in [-0.1, -0.05) is 30.3 Å². The summed E-state index contributed by atoms with van der Waals surface area (Å²) in [6.07, 6.45) is -0.179. The van der Waals surface area contributed by atoms with Crippen molar-refractivity contribution in [3.8, 4) is 0 Å². The van der Waals surface area contributed by atoms with Crippen LogP contribution in [0.2, 0.25) is 5.28 Å². The molecule has 0 radical (unpaired) electrons. The number of halogens is 1. The summed E-state index contributed by atoms with van der Waals surface area (Å²) >= 11 is 7.43. The third-order valence-corrected chi connectivity index (χ3v) is 5.23. The van der Waals surface area contributed by atoms with E-state index in [0.717, 1.165) is 16.5 Å². The summed E-state index contributed by atoms with van der Waals surface area (Å²) in [5.41, 5.74) is 1.98. The Morgan fingerprint density at radius 3 is 2.62 bits per heavy atom. The van der Waals surface area contributed by atoms with Gasteiger partial charge in [0.15, 0.2) is 0 Å². The Bertz CT molecular complexity index is 941. The third-order valence-electron chi connectivity index (χ3n) is 3.90. The fourth-order valence-corrected chi connectivity index (χ4v) is 4.04. The number of rotatable bonds is 5. The van der Waals surface area contributed by atoms with Crippen LogP contribution in [0.4, 0.5) is 5.82 Å². The predicted molar refractivity (Wildman–Crippen MR) is 106 cm³/mol. The number of benzene rings is 1. The molecule has 0 aliphatic carbocycles. The zero-order valence-electron chi connectivity index (χ0n) is 15.1. The van der Waals surface area contributed by atoms with Crippen LogP contribution in [0.3, 0.4) is 0 Å². The molecule has 2 aromatic heterocycles. The number of carbonyl (C=O) groups is 1. The molecule has 1 aromatic carbocycles. The van der Waals surface area contributed by atoms with E-state index >= 15 is 0 Å². The maximum absolute atomic E-state index is 12.4. The summed E-state index contributed by atoms with van der Waals surface area (Å²) in [7, 11) is 1.95. The van der Waals surface area contributed by atoms with E-state index in [1.165, 1.54) is 11.3 Å². The molecule has 0 N–H and O–H groups in total. The second-order valence-corrected chi connectivity index (χ2v) is 7.69. The summed E-state index contributed by atoms with van der Waals surface area (Å²) < 4.78 is 5.35. The molecule has 26 heavy (non-hydrogen) atoms. The maximum Gasteiger partial charge on any atom is 0.348 e. The highest BCUT2D eigenvalue weighted by molar-refractivity contribution is 7.20. The van der Waals surface area contributed by atoms with Crippen LogP contribution in [-0.2, 0) is 11.3 Å². The smallest absolute Gasteiger partial charge is 0.348 e. The first kappa shape index (κ1) is 18.6. The molecule has 0 spiro atoms. The van der Waals surface area contributed by atoms with Crippen molar-refractivity contribution in [2.75, 3.05) is 11.9 Å². The first-order chi connectivity index (χ1) is 12.4. The lowest BCUT2D eigenvalue weighted by Crippen LogP contribution is -2.18. The zero-order chi connectivity index (χ0) is 18.8. The van der Waals surface area contributed by atoms with E-state index in [1.807, 2.05) is 50.9 Å². The number of hydrogen-bond acceptors (Lipinski definition) is 6. The number of thiophene rings is 1. The van der Waals surface area contributed by atoms with Crippen LogP contribution in [-0.4, -0.2) is 29.1 Å². The molecule has 0 aliphatic heterocycles. The average Bonchev–Trinajstić information content (AvgIpc) is 2.91. The highest BCUT2D eigenvalue weighted by atomic mass is 35.5. The van der Waals surface area contributed by atoms with Crippen LogP contribution >= 0.6 is 22.9 Å². The first-order valence-electron chi connectivity index (χ1n) is 8.29. The zero-order valence-corrected chi connectivity index (χ0v) is 16.7. The molecular formula is C19H20ClN3O2S. The van der Waals surface area contributed by atoms with Crippen molar-refractivity contribution in [2.24, 2.45) is 0 Å². The van der Waals surface area contributed by atoms with Gasteiger partial charge in [-0.05, 0) is 43.5 Å². The molecular weight excluding hydrogens is 370 g/mol. The van der Waals surface area contributed by atoms with Crippen LogP contribution in [0.25, 0.3) is 10.2 Å². The second kappa shape index (κ2) is 7.60. The molecule has 2 heterocycles. The highest BCUT2D eigenvalue weighted by Gasteiger charge is 2.23. The van der Waals surface area contributed by atoms with Gasteiger partial charge in [0, 0.05) is 13.6 Å². The lowest BCUT2D eigenvalue weighted by Gasteiger charge is -2.19. The lowest BCUT2D eigenvalue weighted by molar-refractivity contribution is 0.0383. The van der Waals surface area contributed by atoms with Gasteiger partial charge in [-0.2, -0.15) is 4.98 Å². The normalized spacial score (nSPS) is 11.2. The molecule has 0 atom stereocenters. The largest absolute Gasteiger partial charge is 0.459 e. The van der Waals surface area contributed by atoms with Crippen LogP contribution in [0.15, 0.2) is 30.3 Å². The van der Waals surface area contributed by atoms with Gasteiger partial charge in [0.2, 0.25) is 5.28 Å². The third kappa shape index (κ3) is 3.81. The topological polar surface area (TPSA) is 55.3 Å². The summed E-state index contributed by atoms with van der Waals surface area (Å²) in [6, 6.07) is 10.1. The monoisotopic (exact) mass is 389 g/mol. The van der Waals surface area contributed by atoms with Crippen molar-refractivity contribution < 1.29 is 9.53 Å².